The van der Waals surface area contributed by atoms with E-state index >= 15 is 0 Å². The number of hydrogen-bond acceptors (Lipinski definition) is 4. The minimum atomic E-state index is -0.786. The third-order valence-electron chi connectivity index (χ3n) is 3.20. The summed E-state index contributed by atoms with van der Waals surface area (Å²) in [5.41, 5.74) is 1.97. The van der Waals surface area contributed by atoms with Crippen molar-refractivity contribution in [3.8, 4) is 0 Å². The van der Waals surface area contributed by atoms with Gasteiger partial charge in [0.05, 0.1) is 0 Å². The number of nitrogens with two attached hydrogens (primary N) is 1. The molecule has 1 aromatic rings. The maximum Gasteiger partial charge on any atom is 0.178 e. The summed E-state index contributed by atoms with van der Waals surface area (Å²) in [6.07, 6.45) is 1.92. The van der Waals surface area contributed by atoms with Crippen molar-refractivity contribution < 1.29 is 8.78 Å². The predicted molar refractivity (Wildman–Crippen MR) is 62.6 cm³/mol. The second kappa shape index (κ2) is 4.10. The number of halogens is 2. The van der Waals surface area contributed by atoms with Crippen LogP contribution in [0.5, 0.6) is 0 Å². The zero-order chi connectivity index (χ0) is 12.6. The smallest absolute Gasteiger partial charge is 0.178 e. The Morgan fingerprint density at radius 1 is 1.41 bits per heavy atom. The first-order valence-corrected chi connectivity index (χ1v) is 5.56. The Hall–Kier alpha value is -1.43. The first-order valence-electron chi connectivity index (χ1n) is 5.56. The van der Waals surface area contributed by atoms with E-state index in [1.807, 2.05) is 18.7 Å². The number of hydrogen-bond donors (Lipinski definition) is 2. The van der Waals surface area contributed by atoms with Crippen LogP contribution < -0.4 is 16.2 Å². The number of hydrazine groups is 1. The van der Waals surface area contributed by atoms with Crippen LogP contribution in [0.25, 0.3) is 0 Å². The van der Waals surface area contributed by atoms with Crippen molar-refractivity contribution >= 4 is 11.6 Å². The fourth-order valence-corrected chi connectivity index (χ4v) is 2.25. The van der Waals surface area contributed by atoms with Gasteiger partial charge in [-0.15, -0.1) is 0 Å². The van der Waals surface area contributed by atoms with E-state index in [9.17, 15) is 8.78 Å². The number of aromatic nitrogens is 1. The second-order valence-electron chi connectivity index (χ2n) is 4.84. The van der Waals surface area contributed by atoms with Crippen molar-refractivity contribution in [1.82, 2.24) is 4.98 Å². The zero-order valence-corrected chi connectivity index (χ0v) is 9.93. The number of rotatable bonds is 2. The summed E-state index contributed by atoms with van der Waals surface area (Å²) in [6.45, 7) is 4.74. The van der Waals surface area contributed by atoms with Gasteiger partial charge in [-0.25, -0.2) is 19.6 Å². The quantitative estimate of drug-likeness (QED) is 0.615. The maximum atomic E-state index is 13.7. The van der Waals surface area contributed by atoms with Gasteiger partial charge in [-0.3, -0.25) is 0 Å². The van der Waals surface area contributed by atoms with Crippen LogP contribution in [0.1, 0.15) is 26.7 Å². The average Bonchev–Trinajstić information content (AvgIpc) is 2.59. The molecule has 0 radical (unpaired) electrons. The van der Waals surface area contributed by atoms with Gasteiger partial charge in [0.25, 0.3) is 0 Å². The third kappa shape index (κ3) is 2.04. The summed E-state index contributed by atoms with van der Waals surface area (Å²) < 4.78 is 27.0. The van der Waals surface area contributed by atoms with Gasteiger partial charge in [0.1, 0.15) is 0 Å². The first kappa shape index (κ1) is 12.0. The number of nitrogens with zero attached hydrogens (tertiary/aromatic N) is 2. The molecule has 0 aromatic carbocycles. The summed E-state index contributed by atoms with van der Waals surface area (Å²) in [5, 5.41) is 0. The molecule has 1 fully saturated rings. The molecular weight excluding hydrogens is 226 g/mol. The molecule has 2 rings (SSSR count). The molecule has 0 unspecified atom stereocenters. The molecule has 0 atom stereocenters. The molecule has 6 heteroatoms. The highest BCUT2D eigenvalue weighted by atomic mass is 19.1. The SMILES string of the molecule is CC1(C)CCCN1c1nc(NN)c(F)cc1F. The van der Waals surface area contributed by atoms with E-state index in [1.54, 1.807) is 0 Å². The van der Waals surface area contributed by atoms with Crippen molar-refractivity contribution in [2.45, 2.75) is 32.2 Å². The Kier molecular flexibility index (Phi) is 2.91. The number of nitrogen functional groups attached to an aromatic ring is 1. The van der Waals surface area contributed by atoms with Crippen LogP contribution in [0.3, 0.4) is 0 Å². The minimum absolute atomic E-state index is 0.135. The highest BCUT2D eigenvalue weighted by molar-refractivity contribution is 5.51. The standard InChI is InChI=1S/C11H16F2N4/c1-11(2)4-3-5-17(11)10-8(13)6-7(12)9(15-10)16-14/h6H,3-5,14H2,1-2H3,(H,15,16). The molecule has 1 aromatic heterocycles. The molecule has 0 bridgehead atoms. The summed E-state index contributed by atoms with van der Waals surface area (Å²) in [4.78, 5) is 5.76. The normalized spacial score (nSPS) is 18.5. The Labute approximate surface area is 98.8 Å². The minimum Gasteiger partial charge on any atom is -0.349 e. The summed E-state index contributed by atoms with van der Waals surface area (Å²) in [5.74, 6) is 3.72. The van der Waals surface area contributed by atoms with Crippen LogP contribution in [-0.2, 0) is 0 Å². The molecule has 94 valence electrons. The van der Waals surface area contributed by atoms with Crippen molar-refractivity contribution in [3.05, 3.63) is 17.7 Å². The van der Waals surface area contributed by atoms with E-state index in [4.69, 9.17) is 5.84 Å². The molecule has 1 aliphatic heterocycles. The topological polar surface area (TPSA) is 54.2 Å². The molecule has 0 spiro atoms. The fraction of sp³-hybridized carbons (Fsp3) is 0.545. The Morgan fingerprint density at radius 2 is 2.12 bits per heavy atom. The first-order chi connectivity index (χ1) is 7.95. The lowest BCUT2D eigenvalue weighted by Gasteiger charge is -2.33. The van der Waals surface area contributed by atoms with E-state index < -0.39 is 11.6 Å². The molecule has 1 saturated heterocycles. The van der Waals surface area contributed by atoms with Crippen LogP contribution in [0.4, 0.5) is 20.4 Å². The van der Waals surface area contributed by atoms with Gasteiger partial charge in [-0.05, 0) is 26.7 Å². The largest absolute Gasteiger partial charge is 0.349 e. The lowest BCUT2D eigenvalue weighted by Crippen LogP contribution is -2.39. The maximum absolute atomic E-state index is 13.7. The van der Waals surface area contributed by atoms with Gasteiger partial charge < -0.3 is 10.3 Å². The Morgan fingerprint density at radius 3 is 2.65 bits per heavy atom. The fourth-order valence-electron chi connectivity index (χ4n) is 2.25. The Bertz CT molecular complexity index is 434. The molecular formula is C11H16F2N4. The van der Waals surface area contributed by atoms with Crippen LogP contribution in [0.15, 0.2) is 6.07 Å². The number of anilines is 2. The number of nitrogens with one attached hydrogen (secondary N) is 1. The van der Waals surface area contributed by atoms with Crippen molar-refractivity contribution in [1.29, 1.82) is 0 Å². The molecule has 0 saturated carbocycles. The Balaban J connectivity index is 2.45. The summed E-state index contributed by atoms with van der Waals surface area (Å²) >= 11 is 0. The van der Waals surface area contributed by atoms with Gasteiger partial charge in [0.2, 0.25) is 0 Å². The molecule has 3 N–H and O–H groups in total. The second-order valence-corrected chi connectivity index (χ2v) is 4.84. The lowest BCUT2D eigenvalue weighted by molar-refractivity contribution is 0.497. The molecule has 0 aliphatic carbocycles. The van der Waals surface area contributed by atoms with Crippen LogP contribution in [0.2, 0.25) is 0 Å². The van der Waals surface area contributed by atoms with Crippen molar-refractivity contribution in [2.75, 3.05) is 16.9 Å². The number of pyridine rings is 1. The summed E-state index contributed by atoms with van der Waals surface area (Å²) in [6, 6.07) is 0.811. The van der Waals surface area contributed by atoms with Gasteiger partial charge in [0, 0.05) is 18.2 Å². The highest BCUT2D eigenvalue weighted by Gasteiger charge is 2.34. The molecule has 4 nitrogen and oxygen atoms in total. The molecule has 1 aliphatic rings. The van der Waals surface area contributed by atoms with Gasteiger partial charge >= 0.3 is 0 Å². The van der Waals surface area contributed by atoms with E-state index in [-0.39, 0.29) is 17.2 Å². The highest BCUT2D eigenvalue weighted by Crippen LogP contribution is 2.34. The van der Waals surface area contributed by atoms with Crippen LogP contribution >= 0.6 is 0 Å². The van der Waals surface area contributed by atoms with Gasteiger partial charge in [-0.1, -0.05) is 0 Å². The molecule has 0 amide bonds. The monoisotopic (exact) mass is 242 g/mol. The predicted octanol–water partition coefficient (Wildman–Crippen LogP) is 2.02. The third-order valence-corrected chi connectivity index (χ3v) is 3.20. The lowest BCUT2D eigenvalue weighted by atomic mass is 10.0. The average molecular weight is 242 g/mol. The van der Waals surface area contributed by atoms with Gasteiger partial charge in [0.15, 0.2) is 23.3 Å². The van der Waals surface area contributed by atoms with Crippen molar-refractivity contribution in [2.24, 2.45) is 5.84 Å². The summed E-state index contributed by atoms with van der Waals surface area (Å²) in [7, 11) is 0. The molecule has 17 heavy (non-hydrogen) atoms. The van der Waals surface area contributed by atoms with Crippen molar-refractivity contribution in [3.63, 3.8) is 0 Å². The van der Waals surface area contributed by atoms with Crippen LogP contribution in [0, 0.1) is 11.6 Å². The molecule has 2 heterocycles. The van der Waals surface area contributed by atoms with Gasteiger partial charge in [-0.2, -0.15) is 0 Å². The zero-order valence-electron chi connectivity index (χ0n) is 9.93. The van der Waals surface area contributed by atoms with E-state index in [0.717, 1.165) is 18.9 Å². The van der Waals surface area contributed by atoms with E-state index in [2.05, 4.69) is 10.4 Å². The van der Waals surface area contributed by atoms with E-state index in [0.29, 0.717) is 6.54 Å². The van der Waals surface area contributed by atoms with Crippen LogP contribution in [-0.4, -0.2) is 17.1 Å². The van der Waals surface area contributed by atoms with E-state index in [1.165, 1.54) is 0 Å².